The summed E-state index contributed by atoms with van der Waals surface area (Å²) in [6.45, 7) is 0. The molecule has 0 saturated heterocycles. The Morgan fingerprint density at radius 2 is 2.12 bits per heavy atom. The predicted molar refractivity (Wildman–Crippen MR) is 105 cm³/mol. The Labute approximate surface area is 156 Å². The van der Waals surface area contributed by atoms with Gasteiger partial charge in [0, 0.05) is 29.4 Å². The first-order valence-corrected chi connectivity index (χ1v) is 9.43. The highest BCUT2D eigenvalue weighted by molar-refractivity contribution is 7.10. The molecule has 5 heteroatoms. The summed E-state index contributed by atoms with van der Waals surface area (Å²) in [5.41, 5.74) is 4.37. The zero-order chi connectivity index (χ0) is 17.8. The van der Waals surface area contributed by atoms with Crippen LogP contribution in [0.2, 0.25) is 0 Å². The molecule has 130 valence electrons. The maximum Gasteiger partial charge on any atom is 0.148 e. The van der Waals surface area contributed by atoms with Gasteiger partial charge in [-0.1, -0.05) is 42.5 Å². The van der Waals surface area contributed by atoms with E-state index >= 15 is 0 Å². The average Bonchev–Trinajstić information content (AvgIpc) is 3.36. The van der Waals surface area contributed by atoms with Crippen molar-refractivity contribution in [2.75, 3.05) is 0 Å². The molecular formula is C21H19N3OS. The molecule has 0 aliphatic carbocycles. The van der Waals surface area contributed by atoms with Crippen LogP contribution < -0.4 is 0 Å². The SMILES string of the molecule is O=CC(c1cccs1)N1C=CCC(c2cc(Cc3ccccc3)[nH]n2)=C1. The van der Waals surface area contributed by atoms with E-state index in [4.69, 9.17) is 0 Å². The van der Waals surface area contributed by atoms with Gasteiger partial charge in [-0.15, -0.1) is 11.3 Å². The fourth-order valence-corrected chi connectivity index (χ4v) is 3.89. The van der Waals surface area contributed by atoms with Gasteiger partial charge in [0.15, 0.2) is 0 Å². The lowest BCUT2D eigenvalue weighted by molar-refractivity contribution is -0.111. The van der Waals surface area contributed by atoms with Crippen LogP contribution in [0.15, 0.2) is 72.4 Å². The highest BCUT2D eigenvalue weighted by Crippen LogP contribution is 2.30. The van der Waals surface area contributed by atoms with Crippen LogP contribution in [0, 0.1) is 0 Å². The van der Waals surface area contributed by atoms with E-state index in [-0.39, 0.29) is 6.04 Å². The summed E-state index contributed by atoms with van der Waals surface area (Å²) in [6, 6.07) is 16.1. The number of aromatic nitrogens is 2. The molecule has 26 heavy (non-hydrogen) atoms. The third-order valence-corrected chi connectivity index (χ3v) is 5.35. The Balaban J connectivity index is 1.54. The van der Waals surface area contributed by atoms with Crippen molar-refractivity contribution in [1.82, 2.24) is 15.1 Å². The molecule has 0 spiro atoms. The van der Waals surface area contributed by atoms with Gasteiger partial charge >= 0.3 is 0 Å². The van der Waals surface area contributed by atoms with Crippen LogP contribution in [0.3, 0.4) is 0 Å². The van der Waals surface area contributed by atoms with Gasteiger partial charge in [-0.05, 0) is 35.1 Å². The largest absolute Gasteiger partial charge is 0.339 e. The minimum absolute atomic E-state index is 0.288. The molecule has 1 aromatic carbocycles. The fourth-order valence-electron chi connectivity index (χ4n) is 3.10. The summed E-state index contributed by atoms with van der Waals surface area (Å²) in [7, 11) is 0. The molecule has 0 fully saturated rings. The normalized spacial score (nSPS) is 14.9. The second-order valence-corrected chi connectivity index (χ2v) is 7.21. The summed E-state index contributed by atoms with van der Waals surface area (Å²) in [4.78, 5) is 14.6. The first kappa shape index (κ1) is 16.5. The van der Waals surface area contributed by atoms with Crippen molar-refractivity contribution < 1.29 is 4.79 Å². The molecule has 0 bridgehead atoms. The number of rotatable bonds is 6. The monoisotopic (exact) mass is 361 g/mol. The number of hydrogen-bond acceptors (Lipinski definition) is 4. The molecule has 1 atom stereocenters. The van der Waals surface area contributed by atoms with Crippen molar-refractivity contribution >= 4 is 23.2 Å². The quantitative estimate of drug-likeness (QED) is 0.655. The van der Waals surface area contributed by atoms with E-state index < -0.39 is 0 Å². The molecule has 0 radical (unpaired) electrons. The third kappa shape index (κ3) is 3.53. The number of thiophene rings is 1. The van der Waals surface area contributed by atoms with Crippen molar-refractivity contribution in [1.29, 1.82) is 0 Å². The van der Waals surface area contributed by atoms with Gasteiger partial charge in [-0.3, -0.25) is 5.10 Å². The minimum atomic E-state index is -0.288. The van der Waals surface area contributed by atoms with Crippen LogP contribution in [0.4, 0.5) is 0 Å². The Morgan fingerprint density at radius 1 is 1.23 bits per heavy atom. The molecule has 0 amide bonds. The van der Waals surface area contributed by atoms with Crippen molar-refractivity contribution in [2.24, 2.45) is 0 Å². The molecule has 4 rings (SSSR count). The van der Waals surface area contributed by atoms with Gasteiger partial charge in [0.2, 0.25) is 0 Å². The van der Waals surface area contributed by atoms with Crippen LogP contribution in [-0.4, -0.2) is 21.4 Å². The zero-order valence-electron chi connectivity index (χ0n) is 14.2. The van der Waals surface area contributed by atoms with Gasteiger partial charge in [-0.2, -0.15) is 5.10 Å². The van der Waals surface area contributed by atoms with Gasteiger partial charge < -0.3 is 9.69 Å². The van der Waals surface area contributed by atoms with Crippen molar-refractivity contribution in [3.05, 3.63) is 94.2 Å². The van der Waals surface area contributed by atoms with E-state index in [1.807, 2.05) is 53.0 Å². The van der Waals surface area contributed by atoms with E-state index in [2.05, 4.69) is 34.5 Å². The Morgan fingerprint density at radius 3 is 2.88 bits per heavy atom. The van der Waals surface area contributed by atoms with Gasteiger partial charge in [0.05, 0.1) is 5.69 Å². The summed E-state index contributed by atoms with van der Waals surface area (Å²) >= 11 is 1.59. The van der Waals surface area contributed by atoms with Gasteiger partial charge in [0.1, 0.15) is 12.3 Å². The van der Waals surface area contributed by atoms with E-state index in [1.165, 1.54) is 5.56 Å². The lowest BCUT2D eigenvalue weighted by Crippen LogP contribution is -2.20. The second kappa shape index (κ2) is 7.54. The van der Waals surface area contributed by atoms with Crippen LogP contribution in [0.1, 0.15) is 34.3 Å². The number of nitrogens with zero attached hydrogens (tertiary/aromatic N) is 2. The number of allylic oxidation sites excluding steroid dienone is 2. The first-order valence-electron chi connectivity index (χ1n) is 8.55. The lowest BCUT2D eigenvalue weighted by Gasteiger charge is -2.25. The van der Waals surface area contributed by atoms with Crippen LogP contribution in [0.5, 0.6) is 0 Å². The highest BCUT2D eigenvalue weighted by Gasteiger charge is 2.20. The third-order valence-electron chi connectivity index (χ3n) is 4.40. The van der Waals surface area contributed by atoms with E-state index in [1.54, 1.807) is 11.3 Å². The van der Waals surface area contributed by atoms with Gasteiger partial charge in [-0.25, -0.2) is 0 Å². The molecule has 1 unspecified atom stereocenters. The molecule has 1 aliphatic rings. The standard InChI is InChI=1S/C21H19N3OS/c25-15-20(21-9-5-11-26-21)24-10-4-8-17(14-24)19-13-18(22-23-19)12-16-6-2-1-3-7-16/h1-7,9-11,13-15,20H,8,12H2,(H,22,23). The molecule has 3 heterocycles. The van der Waals surface area contributed by atoms with Crippen LogP contribution in [0.25, 0.3) is 5.57 Å². The number of nitrogens with one attached hydrogen (secondary N) is 1. The summed E-state index contributed by atoms with van der Waals surface area (Å²) in [5.74, 6) is 0. The zero-order valence-corrected chi connectivity index (χ0v) is 15.0. The molecule has 4 nitrogen and oxygen atoms in total. The van der Waals surface area contributed by atoms with E-state index in [0.29, 0.717) is 0 Å². The van der Waals surface area contributed by atoms with Crippen LogP contribution >= 0.6 is 11.3 Å². The number of carbonyl (C=O) groups is 1. The average molecular weight is 361 g/mol. The maximum atomic E-state index is 11.6. The van der Waals surface area contributed by atoms with Crippen molar-refractivity contribution in [2.45, 2.75) is 18.9 Å². The van der Waals surface area contributed by atoms with E-state index in [0.717, 1.165) is 41.0 Å². The van der Waals surface area contributed by atoms with Crippen molar-refractivity contribution in [3.8, 4) is 0 Å². The summed E-state index contributed by atoms with van der Waals surface area (Å²) < 4.78 is 0. The Hall–Kier alpha value is -2.92. The number of hydrogen-bond donors (Lipinski definition) is 1. The highest BCUT2D eigenvalue weighted by atomic mass is 32.1. The van der Waals surface area contributed by atoms with E-state index in [9.17, 15) is 4.79 Å². The predicted octanol–water partition coefficient (Wildman–Crippen LogP) is 4.56. The second-order valence-electron chi connectivity index (χ2n) is 6.23. The fraction of sp³-hybridized carbons (Fsp3) is 0.143. The number of H-pyrrole nitrogens is 1. The molecule has 2 aromatic heterocycles. The topological polar surface area (TPSA) is 49.0 Å². The summed E-state index contributed by atoms with van der Waals surface area (Å²) in [6.07, 6.45) is 8.70. The molecule has 0 saturated carbocycles. The molecule has 3 aromatic rings. The maximum absolute atomic E-state index is 11.6. The van der Waals surface area contributed by atoms with Crippen LogP contribution in [-0.2, 0) is 11.2 Å². The Bertz CT molecular complexity index is 925. The number of benzene rings is 1. The van der Waals surface area contributed by atoms with Gasteiger partial charge in [0.25, 0.3) is 0 Å². The summed E-state index contributed by atoms with van der Waals surface area (Å²) in [5, 5.41) is 9.61. The minimum Gasteiger partial charge on any atom is -0.339 e. The number of carbonyl (C=O) groups excluding carboxylic acids is 1. The first-order chi connectivity index (χ1) is 12.8. The molecular weight excluding hydrogens is 342 g/mol. The number of aldehydes is 1. The lowest BCUT2D eigenvalue weighted by atomic mass is 10.1. The molecule has 1 aliphatic heterocycles. The smallest absolute Gasteiger partial charge is 0.148 e. The molecule has 1 N–H and O–H groups in total. The van der Waals surface area contributed by atoms with Crippen molar-refractivity contribution in [3.63, 3.8) is 0 Å². The number of aromatic amines is 1. The Kier molecular flexibility index (Phi) is 4.80.